The lowest BCUT2D eigenvalue weighted by atomic mass is 9.91. The third-order valence-corrected chi connectivity index (χ3v) is 8.74. The minimum atomic E-state index is -3.83. The van der Waals surface area contributed by atoms with Crippen LogP contribution in [-0.2, 0) is 22.9 Å². The molecule has 1 fully saturated rings. The fourth-order valence-electron chi connectivity index (χ4n) is 4.36. The van der Waals surface area contributed by atoms with Crippen molar-refractivity contribution in [2.75, 3.05) is 19.6 Å². The van der Waals surface area contributed by atoms with Gasteiger partial charge in [-0.3, -0.25) is 4.79 Å². The lowest BCUT2D eigenvalue weighted by Crippen LogP contribution is -2.39. The van der Waals surface area contributed by atoms with Crippen LogP contribution >= 0.6 is 11.6 Å². The first-order valence-corrected chi connectivity index (χ1v) is 13.5. The van der Waals surface area contributed by atoms with E-state index in [-0.39, 0.29) is 27.2 Å². The lowest BCUT2D eigenvalue weighted by molar-refractivity contribution is 0.0954. The van der Waals surface area contributed by atoms with E-state index in [1.807, 2.05) is 18.2 Å². The van der Waals surface area contributed by atoms with Crippen LogP contribution in [0.5, 0.6) is 0 Å². The van der Waals surface area contributed by atoms with Crippen LogP contribution in [0.4, 0.5) is 4.39 Å². The summed E-state index contributed by atoms with van der Waals surface area (Å²) in [6.07, 6.45) is 3.01. The third-order valence-electron chi connectivity index (χ3n) is 6.36. The summed E-state index contributed by atoms with van der Waals surface area (Å²) < 4.78 is 41.2. The Labute approximate surface area is 211 Å². The highest BCUT2D eigenvalue weighted by Crippen LogP contribution is 2.30. The molecule has 8 heteroatoms. The molecule has 3 aromatic carbocycles. The normalized spacial score (nSPS) is 15.1. The maximum absolute atomic E-state index is 13.4. The number of rotatable bonds is 8. The highest BCUT2D eigenvalue weighted by atomic mass is 35.5. The Hall–Kier alpha value is -2.74. The second kappa shape index (κ2) is 11.3. The predicted octanol–water partition coefficient (Wildman–Crippen LogP) is 5.10. The Morgan fingerprint density at radius 3 is 2.34 bits per heavy atom. The number of piperidine rings is 1. The molecular weight excluding hydrogens is 487 g/mol. The molecule has 0 spiro atoms. The fraction of sp³-hybridized carbons (Fsp3) is 0.296. The summed E-state index contributed by atoms with van der Waals surface area (Å²) in [6.45, 7) is 1.18. The van der Waals surface area contributed by atoms with Crippen LogP contribution < -0.4 is 5.32 Å². The van der Waals surface area contributed by atoms with Crippen molar-refractivity contribution >= 4 is 27.5 Å². The second-order valence-electron chi connectivity index (χ2n) is 8.81. The molecule has 0 bridgehead atoms. The molecule has 1 N–H and O–H groups in total. The van der Waals surface area contributed by atoms with Crippen molar-refractivity contribution in [2.45, 2.75) is 30.6 Å². The molecule has 1 heterocycles. The summed E-state index contributed by atoms with van der Waals surface area (Å²) >= 11 is 6.27. The maximum Gasteiger partial charge on any atom is 0.251 e. The zero-order chi connectivity index (χ0) is 24.8. The van der Waals surface area contributed by atoms with Crippen molar-refractivity contribution in [3.8, 4) is 0 Å². The molecule has 0 atom stereocenters. The van der Waals surface area contributed by atoms with E-state index in [2.05, 4.69) is 17.4 Å². The lowest BCUT2D eigenvalue weighted by Gasteiger charge is -2.31. The van der Waals surface area contributed by atoms with Gasteiger partial charge in [-0.2, -0.15) is 4.31 Å². The molecule has 0 aromatic heterocycles. The summed E-state index contributed by atoms with van der Waals surface area (Å²) in [4.78, 5) is 12.6. The number of carbonyl (C=O) groups is 1. The standard InChI is InChI=1S/C27H28ClFN2O3S/c28-25-11-8-23(27(32)30-15-12-20-6-9-24(29)10-7-20)19-26(25)35(33,34)31-16-13-22(14-17-31)18-21-4-2-1-3-5-21/h1-11,19,22H,12-18H2,(H,30,32). The fourth-order valence-corrected chi connectivity index (χ4v) is 6.33. The van der Waals surface area contributed by atoms with E-state index < -0.39 is 10.0 Å². The molecule has 35 heavy (non-hydrogen) atoms. The molecule has 5 nitrogen and oxygen atoms in total. The van der Waals surface area contributed by atoms with Gasteiger partial charge in [0.25, 0.3) is 5.91 Å². The summed E-state index contributed by atoms with van der Waals surface area (Å²) in [5, 5.41) is 2.88. The van der Waals surface area contributed by atoms with Gasteiger partial charge in [-0.15, -0.1) is 0 Å². The minimum absolute atomic E-state index is 0.0492. The summed E-state index contributed by atoms with van der Waals surface area (Å²) in [6, 6.07) is 20.6. The molecule has 0 radical (unpaired) electrons. The largest absolute Gasteiger partial charge is 0.352 e. The van der Waals surface area contributed by atoms with Crippen molar-refractivity contribution in [3.63, 3.8) is 0 Å². The monoisotopic (exact) mass is 514 g/mol. The Morgan fingerprint density at radius 2 is 1.66 bits per heavy atom. The summed E-state index contributed by atoms with van der Waals surface area (Å²) in [5.41, 5.74) is 2.38. The van der Waals surface area contributed by atoms with Crippen molar-refractivity contribution < 1.29 is 17.6 Å². The van der Waals surface area contributed by atoms with Gasteiger partial charge in [0.2, 0.25) is 10.0 Å². The predicted molar refractivity (Wildman–Crippen MR) is 136 cm³/mol. The van der Waals surface area contributed by atoms with Crippen molar-refractivity contribution in [1.82, 2.24) is 9.62 Å². The van der Waals surface area contributed by atoms with Gasteiger partial charge in [-0.25, -0.2) is 12.8 Å². The Morgan fingerprint density at radius 1 is 0.971 bits per heavy atom. The quantitative estimate of drug-likeness (QED) is 0.455. The third kappa shape index (κ3) is 6.48. The van der Waals surface area contributed by atoms with Crippen LogP contribution in [-0.4, -0.2) is 38.3 Å². The topological polar surface area (TPSA) is 66.5 Å². The Bertz CT molecular complexity index is 1260. The minimum Gasteiger partial charge on any atom is -0.352 e. The van der Waals surface area contributed by atoms with Gasteiger partial charge >= 0.3 is 0 Å². The van der Waals surface area contributed by atoms with Gasteiger partial charge in [0, 0.05) is 25.2 Å². The van der Waals surface area contributed by atoms with Crippen molar-refractivity contribution in [2.24, 2.45) is 5.92 Å². The maximum atomic E-state index is 13.4. The van der Waals surface area contributed by atoms with E-state index in [0.29, 0.717) is 32.0 Å². The molecule has 3 aromatic rings. The first-order chi connectivity index (χ1) is 16.8. The first-order valence-electron chi connectivity index (χ1n) is 11.7. The van der Waals surface area contributed by atoms with Crippen LogP contribution in [0.1, 0.15) is 34.3 Å². The number of nitrogens with one attached hydrogen (secondary N) is 1. The van der Waals surface area contributed by atoms with E-state index in [0.717, 1.165) is 24.8 Å². The van der Waals surface area contributed by atoms with E-state index in [9.17, 15) is 17.6 Å². The molecule has 1 saturated heterocycles. The summed E-state index contributed by atoms with van der Waals surface area (Å²) in [7, 11) is -3.83. The average Bonchev–Trinajstić information content (AvgIpc) is 2.86. The van der Waals surface area contributed by atoms with Gasteiger partial charge in [0.15, 0.2) is 0 Å². The van der Waals surface area contributed by atoms with Gasteiger partial charge in [-0.1, -0.05) is 54.1 Å². The number of amides is 1. The van der Waals surface area contributed by atoms with Crippen LogP contribution in [0.2, 0.25) is 5.02 Å². The van der Waals surface area contributed by atoms with E-state index in [1.54, 1.807) is 12.1 Å². The Kier molecular flexibility index (Phi) is 8.21. The molecule has 0 aliphatic carbocycles. The molecule has 0 unspecified atom stereocenters. The van der Waals surface area contributed by atoms with E-state index in [4.69, 9.17) is 11.6 Å². The zero-order valence-corrected chi connectivity index (χ0v) is 20.9. The first kappa shape index (κ1) is 25.4. The zero-order valence-electron chi connectivity index (χ0n) is 19.3. The van der Waals surface area contributed by atoms with E-state index >= 15 is 0 Å². The molecule has 1 aliphatic rings. The van der Waals surface area contributed by atoms with Gasteiger partial charge < -0.3 is 5.32 Å². The van der Waals surface area contributed by atoms with Crippen molar-refractivity contribution in [3.05, 3.63) is 100 Å². The van der Waals surface area contributed by atoms with E-state index in [1.165, 1.54) is 40.2 Å². The molecule has 184 valence electrons. The molecule has 4 rings (SSSR count). The van der Waals surface area contributed by atoms with Gasteiger partial charge in [0.1, 0.15) is 10.7 Å². The van der Waals surface area contributed by atoms with Crippen LogP contribution in [0.3, 0.4) is 0 Å². The molecule has 0 saturated carbocycles. The summed E-state index contributed by atoms with van der Waals surface area (Å²) in [5.74, 6) is -0.271. The number of carbonyl (C=O) groups excluding carboxylic acids is 1. The number of benzene rings is 3. The smallest absolute Gasteiger partial charge is 0.251 e. The highest BCUT2D eigenvalue weighted by Gasteiger charge is 2.31. The Balaban J connectivity index is 1.38. The highest BCUT2D eigenvalue weighted by molar-refractivity contribution is 7.89. The number of sulfonamides is 1. The van der Waals surface area contributed by atoms with Gasteiger partial charge in [0.05, 0.1) is 5.02 Å². The second-order valence-corrected chi connectivity index (χ2v) is 11.1. The number of hydrogen-bond donors (Lipinski definition) is 1. The number of nitrogens with zero attached hydrogens (tertiary/aromatic N) is 1. The molecular formula is C27H28ClFN2O3S. The average molecular weight is 515 g/mol. The number of halogens is 2. The van der Waals surface area contributed by atoms with Crippen molar-refractivity contribution in [1.29, 1.82) is 0 Å². The number of hydrogen-bond acceptors (Lipinski definition) is 3. The van der Waals surface area contributed by atoms with Gasteiger partial charge in [-0.05, 0) is 73.1 Å². The van der Waals surface area contributed by atoms with Crippen LogP contribution in [0.15, 0.2) is 77.7 Å². The molecule has 1 amide bonds. The van der Waals surface area contributed by atoms with Crippen LogP contribution in [0, 0.1) is 11.7 Å². The van der Waals surface area contributed by atoms with Crippen LogP contribution in [0.25, 0.3) is 0 Å². The molecule has 1 aliphatic heterocycles. The SMILES string of the molecule is O=C(NCCc1ccc(F)cc1)c1ccc(Cl)c(S(=O)(=O)N2CCC(Cc3ccccc3)CC2)c1.